The summed E-state index contributed by atoms with van der Waals surface area (Å²) in [6.45, 7) is 5.65. The van der Waals surface area contributed by atoms with Gasteiger partial charge in [-0.1, -0.05) is 48.5 Å². The maximum atomic E-state index is 15.0. The number of hydrogen-bond donors (Lipinski definition) is 1. The second kappa shape index (κ2) is 18.5. The van der Waals surface area contributed by atoms with Crippen molar-refractivity contribution < 1.29 is 55.3 Å². The fraction of sp³-hybridized carbons (Fsp3) is 0.0714. The molecular weight excluding hydrogens is 883 g/mol. The lowest BCUT2D eigenvalue weighted by Gasteiger charge is -2.38. The van der Waals surface area contributed by atoms with Gasteiger partial charge >= 0.3 is 12.4 Å². The second-order valence-corrected chi connectivity index (χ2v) is 15.9. The molecule has 0 saturated heterocycles. The lowest BCUT2D eigenvalue weighted by Crippen LogP contribution is -2.54. The molecule has 68 heavy (non-hydrogen) atoms. The molecule has 0 fully saturated rings. The fourth-order valence-corrected chi connectivity index (χ4v) is 7.82. The molecule has 0 spiro atoms. The number of aryl methyl sites for hydroxylation is 1. The number of ether oxygens (including phenoxy) is 2. The third-order valence-corrected chi connectivity index (χ3v) is 11.5. The summed E-state index contributed by atoms with van der Waals surface area (Å²) in [5, 5.41) is 11.0. The van der Waals surface area contributed by atoms with E-state index in [9.17, 15) is 45.8 Å². The molecule has 0 saturated carbocycles. The van der Waals surface area contributed by atoms with Gasteiger partial charge in [-0.25, -0.2) is 0 Å². The Morgan fingerprint density at radius 2 is 1.06 bits per heavy atom. The zero-order chi connectivity index (χ0) is 48.4. The average molecular weight is 921 g/mol. The van der Waals surface area contributed by atoms with Crippen LogP contribution in [-0.4, -0.2) is 39.5 Å². The molecule has 2 aliphatic carbocycles. The van der Waals surface area contributed by atoms with Gasteiger partial charge in [-0.3, -0.25) is 14.4 Å². The van der Waals surface area contributed by atoms with E-state index in [-0.39, 0.29) is 40.4 Å². The van der Waals surface area contributed by atoms with Gasteiger partial charge in [0.25, 0.3) is 11.5 Å². The predicted molar refractivity (Wildman–Crippen MR) is 248 cm³/mol. The molecule has 2 N–H and O–H groups in total. The molecule has 6 aromatic rings. The van der Waals surface area contributed by atoms with E-state index in [1.807, 2.05) is 25.1 Å². The van der Waals surface area contributed by atoms with Crippen molar-refractivity contribution in [3.05, 3.63) is 251 Å². The van der Waals surface area contributed by atoms with Gasteiger partial charge in [0.2, 0.25) is 11.2 Å². The molecule has 12 heteroatoms. The van der Waals surface area contributed by atoms with E-state index in [0.717, 1.165) is 70.8 Å². The van der Waals surface area contributed by atoms with Gasteiger partial charge in [-0.2, -0.15) is 26.3 Å². The Labute approximate surface area is 386 Å². The molecule has 0 aliphatic heterocycles. The number of allylic oxidation sites excluding steroid dienone is 10. The van der Waals surface area contributed by atoms with Crippen LogP contribution >= 0.6 is 0 Å². The molecule has 0 unspecified atom stereocenters. The van der Waals surface area contributed by atoms with Crippen molar-refractivity contribution in [2.45, 2.75) is 24.7 Å². The number of aliphatic hydroxyl groups is 1. The van der Waals surface area contributed by atoms with Gasteiger partial charge in [0.1, 0.15) is 22.8 Å². The number of aromatic hydroxyl groups is 2. The van der Waals surface area contributed by atoms with Gasteiger partial charge in [-0.15, -0.1) is 0 Å². The van der Waals surface area contributed by atoms with Crippen LogP contribution in [0.5, 0.6) is 23.0 Å². The SMILES string of the molecule is C=C1C=CC(C(=O)c2ccc([OH+]c3ccc(C(c4ccc(Oc5ccc(C(=O)c6ccc(-c7ccc(C)c(C(O)=C8C=CC(=O)C=C8)c7)cc6)cc5)cc4)(C(F)(F)F)C(F)(F)F)cc3)cc2)=C[CH+]1. The third kappa shape index (κ3) is 9.34. The number of aliphatic hydroxyl groups excluding tert-OH is 1. The van der Waals surface area contributed by atoms with Crippen molar-refractivity contribution >= 4 is 23.1 Å². The highest BCUT2D eigenvalue weighted by Crippen LogP contribution is 2.56. The number of rotatable bonds is 12. The van der Waals surface area contributed by atoms with Crippen LogP contribution < -0.4 is 4.74 Å². The quantitative estimate of drug-likeness (QED) is 0.0434. The van der Waals surface area contributed by atoms with Crippen molar-refractivity contribution in [3.8, 4) is 34.1 Å². The summed E-state index contributed by atoms with van der Waals surface area (Å²) in [5.74, 6) is -0.195. The first kappa shape index (κ1) is 46.2. The minimum atomic E-state index is -5.83. The topological polar surface area (TPSA) is 93.5 Å². The molecule has 0 heterocycles. The van der Waals surface area contributed by atoms with Gasteiger partial charge in [-0.05, 0) is 132 Å². The monoisotopic (exact) mass is 920 g/mol. The number of carbonyl (C=O) groups excluding carboxylic acids is 3. The summed E-state index contributed by atoms with van der Waals surface area (Å²) < 4.78 is 99.9. The van der Waals surface area contributed by atoms with E-state index in [0.29, 0.717) is 39.1 Å². The minimum absolute atomic E-state index is 0.0191. The highest BCUT2D eigenvalue weighted by atomic mass is 19.4. The second-order valence-electron chi connectivity index (χ2n) is 15.9. The Morgan fingerprint density at radius 3 is 1.59 bits per heavy atom. The maximum absolute atomic E-state index is 15.0. The first-order chi connectivity index (χ1) is 32.4. The summed E-state index contributed by atoms with van der Waals surface area (Å²) >= 11 is 0. The van der Waals surface area contributed by atoms with Crippen molar-refractivity contribution in [2.75, 3.05) is 0 Å². The van der Waals surface area contributed by atoms with Crippen molar-refractivity contribution in [1.82, 2.24) is 0 Å². The molecule has 0 bridgehead atoms. The molecule has 0 aromatic heterocycles. The largest absolute Gasteiger partial charge is 0.546 e. The number of carbonyl (C=O) groups is 3. The van der Waals surface area contributed by atoms with Gasteiger partial charge < -0.3 is 14.6 Å². The van der Waals surface area contributed by atoms with Crippen LogP contribution in [-0.2, 0) is 10.2 Å². The van der Waals surface area contributed by atoms with Crippen LogP contribution in [0.4, 0.5) is 26.3 Å². The molecule has 8 rings (SSSR count). The predicted octanol–water partition coefficient (Wildman–Crippen LogP) is 14.2. The molecule has 338 valence electrons. The molecule has 0 amide bonds. The number of ketones is 3. The molecule has 2 aliphatic rings. The summed E-state index contributed by atoms with van der Waals surface area (Å²) in [7, 11) is 0. The first-order valence-corrected chi connectivity index (χ1v) is 20.9. The minimum Gasteiger partial charge on any atom is -0.546 e. The van der Waals surface area contributed by atoms with Crippen LogP contribution in [0.15, 0.2) is 205 Å². The van der Waals surface area contributed by atoms with E-state index in [2.05, 4.69) is 11.3 Å². The van der Waals surface area contributed by atoms with Crippen LogP contribution in [0.2, 0.25) is 0 Å². The third-order valence-electron chi connectivity index (χ3n) is 11.5. The van der Waals surface area contributed by atoms with E-state index < -0.39 is 28.9 Å². The molecular formula is C56H38F6O6+2. The lowest BCUT2D eigenvalue weighted by atomic mass is 9.73. The van der Waals surface area contributed by atoms with Crippen LogP contribution in [0.1, 0.15) is 48.5 Å². The van der Waals surface area contributed by atoms with Crippen molar-refractivity contribution in [3.63, 3.8) is 0 Å². The fourth-order valence-electron chi connectivity index (χ4n) is 7.82. The highest BCUT2D eigenvalue weighted by Gasteiger charge is 2.72. The van der Waals surface area contributed by atoms with E-state index in [1.165, 1.54) is 60.7 Å². The Kier molecular flexibility index (Phi) is 12.5. The average Bonchev–Trinajstić information content (AvgIpc) is 3.32. The number of halogens is 6. The Hall–Kier alpha value is -8.38. The number of benzene rings is 6. The normalized spacial score (nSPS) is 13.8. The zero-order valence-corrected chi connectivity index (χ0v) is 35.9. The number of hydrogen-bond acceptors (Lipinski definition) is 5. The standard InChI is InChI=1S/C56H36F6O6/c1-34-3-6-37(7-4-34)51(64)39-15-25-46(26-16-39)67-48-29-19-43(20-30-48)54(55(57,58)59,56(60,61)62)44-21-31-49(32-22-44)68-47-27-17-40(18-28-47)52(65)38-11-9-36(10-12-38)42-8-5-35(2)50(33-42)53(66)41-13-23-45(63)24-14-41/h3-33H,1H2,2H3/p+2. The summed E-state index contributed by atoms with van der Waals surface area (Å²) in [6.07, 6.45) is 0.870. The van der Waals surface area contributed by atoms with Gasteiger partial charge in [0, 0.05) is 76.7 Å². The zero-order valence-electron chi connectivity index (χ0n) is 35.9. The Balaban J connectivity index is 0.945. The van der Waals surface area contributed by atoms with Gasteiger partial charge in [0.05, 0.1) is 5.57 Å². The smallest absolute Gasteiger partial charge is 0.411 e. The van der Waals surface area contributed by atoms with Crippen molar-refractivity contribution in [2.24, 2.45) is 0 Å². The van der Waals surface area contributed by atoms with Crippen LogP contribution in [0.3, 0.4) is 0 Å². The number of Topliss-reactive ketones (excluding diaryl/α,β-unsaturated/α-hetero) is 1. The van der Waals surface area contributed by atoms with Gasteiger partial charge in [0.15, 0.2) is 11.6 Å². The van der Waals surface area contributed by atoms with Crippen LogP contribution in [0, 0.1) is 13.3 Å². The van der Waals surface area contributed by atoms with Crippen LogP contribution in [0.25, 0.3) is 16.9 Å². The summed E-state index contributed by atoms with van der Waals surface area (Å²) in [6, 6.07) is 31.4. The summed E-state index contributed by atoms with van der Waals surface area (Å²) in [4.78, 5) is 37.8. The van der Waals surface area contributed by atoms with E-state index in [4.69, 9.17) is 4.74 Å². The molecule has 6 aromatic carbocycles. The highest BCUT2D eigenvalue weighted by molar-refractivity contribution is 6.11. The van der Waals surface area contributed by atoms with E-state index in [1.54, 1.807) is 61.1 Å². The molecule has 0 radical (unpaired) electrons. The van der Waals surface area contributed by atoms with Crippen molar-refractivity contribution in [1.29, 1.82) is 0 Å². The molecule has 6 nitrogen and oxygen atoms in total. The molecule has 0 atom stereocenters. The Morgan fingerprint density at radius 1 is 0.588 bits per heavy atom. The first-order valence-electron chi connectivity index (χ1n) is 20.9. The lowest BCUT2D eigenvalue weighted by molar-refractivity contribution is -0.288. The maximum Gasteiger partial charge on any atom is 0.411 e. The van der Waals surface area contributed by atoms with E-state index >= 15 is 0 Å². The Bertz CT molecular complexity index is 3060. The number of alkyl halides is 6. The summed E-state index contributed by atoms with van der Waals surface area (Å²) in [5.41, 5.74) is -0.910.